The molecule has 0 unspecified atom stereocenters. The standard InChI is InChI=1S/C13H17N3O3S2/c1-13(2,3)12-15-9-10(20-12)5-6-11(17)16-21(18,19)8-4-7-14/h5-6,9H,4,8H2,1-3H3,(H,16,17)/b6-5+. The van der Waals surface area contributed by atoms with Crippen LogP contribution in [0.5, 0.6) is 0 Å². The summed E-state index contributed by atoms with van der Waals surface area (Å²) in [7, 11) is -3.75. The monoisotopic (exact) mass is 327 g/mol. The third kappa shape index (κ3) is 6.06. The average molecular weight is 327 g/mol. The number of nitriles is 1. The number of nitrogens with one attached hydrogen (secondary N) is 1. The van der Waals surface area contributed by atoms with Crippen LogP contribution in [0.15, 0.2) is 12.3 Å². The minimum absolute atomic E-state index is 0.0698. The van der Waals surface area contributed by atoms with Crippen LogP contribution in [0.1, 0.15) is 37.1 Å². The molecule has 0 aliphatic heterocycles. The van der Waals surface area contributed by atoms with Gasteiger partial charge in [0.15, 0.2) is 0 Å². The first-order valence-corrected chi connectivity index (χ1v) is 8.67. The van der Waals surface area contributed by atoms with E-state index in [0.717, 1.165) is 16.0 Å². The molecule has 1 rings (SSSR count). The van der Waals surface area contributed by atoms with Crippen molar-refractivity contribution in [2.24, 2.45) is 0 Å². The molecule has 1 N–H and O–H groups in total. The number of carbonyl (C=O) groups excluding carboxylic acids is 1. The molecule has 0 saturated heterocycles. The minimum Gasteiger partial charge on any atom is -0.269 e. The zero-order chi connectivity index (χ0) is 16.1. The van der Waals surface area contributed by atoms with Crippen LogP contribution in [0.25, 0.3) is 6.08 Å². The van der Waals surface area contributed by atoms with Gasteiger partial charge in [-0.1, -0.05) is 20.8 Å². The number of hydrogen-bond donors (Lipinski definition) is 1. The maximum atomic E-state index is 11.5. The second-order valence-corrected chi connectivity index (χ2v) is 8.25. The molecule has 0 aliphatic rings. The maximum Gasteiger partial charge on any atom is 0.257 e. The summed E-state index contributed by atoms with van der Waals surface area (Å²) < 4.78 is 24.7. The third-order valence-electron chi connectivity index (χ3n) is 2.30. The molecule has 0 radical (unpaired) electrons. The van der Waals surface area contributed by atoms with Gasteiger partial charge in [0.2, 0.25) is 10.0 Å². The quantitative estimate of drug-likeness (QED) is 0.831. The summed E-state index contributed by atoms with van der Waals surface area (Å²) in [4.78, 5) is 16.6. The summed E-state index contributed by atoms with van der Waals surface area (Å²) in [5, 5.41) is 9.27. The Balaban J connectivity index is 2.67. The predicted octanol–water partition coefficient (Wildman–Crippen LogP) is 1.81. The lowest BCUT2D eigenvalue weighted by molar-refractivity contribution is -0.114. The largest absolute Gasteiger partial charge is 0.269 e. The molecule has 1 aromatic heterocycles. The number of rotatable bonds is 5. The van der Waals surface area contributed by atoms with Crippen LogP contribution in [0.2, 0.25) is 0 Å². The number of aromatic nitrogens is 1. The predicted molar refractivity (Wildman–Crippen MR) is 82.0 cm³/mol. The molecular formula is C13H17N3O3S2. The highest BCUT2D eigenvalue weighted by molar-refractivity contribution is 7.90. The fourth-order valence-electron chi connectivity index (χ4n) is 1.29. The van der Waals surface area contributed by atoms with Crippen molar-refractivity contribution in [1.82, 2.24) is 9.71 Å². The first-order valence-electron chi connectivity index (χ1n) is 6.20. The number of sulfonamides is 1. The second-order valence-electron chi connectivity index (χ2n) is 5.34. The van der Waals surface area contributed by atoms with E-state index in [1.54, 1.807) is 12.3 Å². The lowest BCUT2D eigenvalue weighted by Gasteiger charge is -2.13. The van der Waals surface area contributed by atoms with E-state index in [4.69, 9.17) is 5.26 Å². The molecule has 0 aliphatic carbocycles. The van der Waals surface area contributed by atoms with E-state index >= 15 is 0 Å². The van der Waals surface area contributed by atoms with Crippen LogP contribution in [-0.4, -0.2) is 25.1 Å². The van der Waals surface area contributed by atoms with Gasteiger partial charge in [0.1, 0.15) is 0 Å². The molecule has 0 spiro atoms. The zero-order valence-corrected chi connectivity index (χ0v) is 13.7. The Morgan fingerprint density at radius 1 is 1.52 bits per heavy atom. The SMILES string of the molecule is CC(C)(C)c1ncc(/C=C/C(=O)NS(=O)(=O)CCC#N)s1. The molecule has 0 aromatic carbocycles. The Morgan fingerprint density at radius 2 is 2.19 bits per heavy atom. The van der Waals surface area contributed by atoms with E-state index in [2.05, 4.69) is 4.98 Å². The van der Waals surface area contributed by atoms with Crippen LogP contribution >= 0.6 is 11.3 Å². The van der Waals surface area contributed by atoms with Gasteiger partial charge in [0, 0.05) is 22.6 Å². The molecule has 1 heterocycles. The lowest BCUT2D eigenvalue weighted by Crippen LogP contribution is -2.31. The van der Waals surface area contributed by atoms with Crippen molar-refractivity contribution in [3.8, 4) is 6.07 Å². The number of nitrogens with zero attached hydrogens (tertiary/aromatic N) is 2. The van der Waals surface area contributed by atoms with Crippen molar-refractivity contribution in [3.63, 3.8) is 0 Å². The summed E-state index contributed by atoms with van der Waals surface area (Å²) >= 11 is 1.44. The van der Waals surface area contributed by atoms with Crippen molar-refractivity contribution in [2.75, 3.05) is 5.75 Å². The Bertz CT molecular complexity index is 676. The van der Waals surface area contributed by atoms with Gasteiger partial charge in [-0.2, -0.15) is 5.26 Å². The summed E-state index contributed by atoms with van der Waals surface area (Å²) in [5.74, 6) is -1.13. The maximum absolute atomic E-state index is 11.5. The van der Waals surface area contributed by atoms with E-state index < -0.39 is 21.7 Å². The van der Waals surface area contributed by atoms with Gasteiger partial charge < -0.3 is 0 Å². The summed E-state index contributed by atoms with van der Waals surface area (Å²) in [5.41, 5.74) is -0.0698. The lowest BCUT2D eigenvalue weighted by atomic mass is 9.98. The van der Waals surface area contributed by atoms with E-state index in [-0.39, 0.29) is 11.8 Å². The van der Waals surface area contributed by atoms with Gasteiger partial charge >= 0.3 is 0 Å². The van der Waals surface area contributed by atoms with Gasteiger partial charge in [-0.25, -0.2) is 18.1 Å². The Kier molecular flexibility index (Phi) is 5.63. The highest BCUT2D eigenvalue weighted by Gasteiger charge is 2.17. The number of amides is 1. The number of hydrogen-bond acceptors (Lipinski definition) is 6. The fourth-order valence-corrected chi connectivity index (χ4v) is 3.00. The molecule has 8 heteroatoms. The molecule has 0 atom stereocenters. The van der Waals surface area contributed by atoms with E-state index in [0.29, 0.717) is 0 Å². The van der Waals surface area contributed by atoms with Gasteiger partial charge in [0.25, 0.3) is 5.91 Å². The van der Waals surface area contributed by atoms with Gasteiger partial charge in [-0.15, -0.1) is 11.3 Å². The van der Waals surface area contributed by atoms with Crippen LogP contribution in [0.3, 0.4) is 0 Å². The van der Waals surface area contributed by atoms with Crippen LogP contribution in [0.4, 0.5) is 0 Å². The molecule has 21 heavy (non-hydrogen) atoms. The fraction of sp³-hybridized carbons (Fsp3) is 0.462. The van der Waals surface area contributed by atoms with Crippen molar-refractivity contribution < 1.29 is 13.2 Å². The highest BCUT2D eigenvalue weighted by Crippen LogP contribution is 2.27. The Hall–Kier alpha value is -1.72. The minimum atomic E-state index is -3.75. The van der Waals surface area contributed by atoms with Crippen LogP contribution in [-0.2, 0) is 20.2 Å². The van der Waals surface area contributed by atoms with Crippen molar-refractivity contribution in [1.29, 1.82) is 5.26 Å². The van der Waals surface area contributed by atoms with Gasteiger partial charge in [-0.05, 0) is 6.08 Å². The Morgan fingerprint density at radius 3 is 2.71 bits per heavy atom. The van der Waals surface area contributed by atoms with E-state index in [1.165, 1.54) is 17.4 Å². The summed E-state index contributed by atoms with van der Waals surface area (Å²) in [6.07, 6.45) is 4.14. The number of thiazole rings is 1. The summed E-state index contributed by atoms with van der Waals surface area (Å²) in [6, 6.07) is 1.72. The van der Waals surface area contributed by atoms with Crippen LogP contribution < -0.4 is 4.72 Å². The van der Waals surface area contributed by atoms with Crippen molar-refractivity contribution in [2.45, 2.75) is 32.6 Å². The average Bonchev–Trinajstić information content (AvgIpc) is 2.82. The van der Waals surface area contributed by atoms with Gasteiger partial charge in [0.05, 0.1) is 23.3 Å². The van der Waals surface area contributed by atoms with Gasteiger partial charge in [-0.3, -0.25) is 4.79 Å². The van der Waals surface area contributed by atoms with E-state index in [9.17, 15) is 13.2 Å². The molecular weight excluding hydrogens is 310 g/mol. The molecule has 114 valence electrons. The zero-order valence-electron chi connectivity index (χ0n) is 12.1. The Labute approximate surface area is 128 Å². The normalized spacial score (nSPS) is 12.3. The first-order chi connectivity index (χ1) is 9.64. The third-order valence-corrected chi connectivity index (χ3v) is 4.94. The molecule has 6 nitrogen and oxygen atoms in total. The number of carbonyl (C=O) groups is 1. The smallest absolute Gasteiger partial charge is 0.257 e. The highest BCUT2D eigenvalue weighted by atomic mass is 32.2. The van der Waals surface area contributed by atoms with Crippen molar-refractivity contribution >= 4 is 33.3 Å². The molecule has 1 amide bonds. The van der Waals surface area contributed by atoms with E-state index in [1.807, 2.05) is 25.5 Å². The van der Waals surface area contributed by atoms with Crippen LogP contribution in [0, 0.1) is 11.3 Å². The molecule has 0 bridgehead atoms. The van der Waals surface area contributed by atoms with Crippen molar-refractivity contribution in [3.05, 3.63) is 22.2 Å². The molecule has 0 fully saturated rings. The molecule has 0 saturated carbocycles. The topological polar surface area (TPSA) is 99.9 Å². The summed E-state index contributed by atoms with van der Waals surface area (Å²) in [6.45, 7) is 6.11. The molecule has 1 aromatic rings. The second kappa shape index (κ2) is 6.83. The first kappa shape index (κ1) is 17.3.